The first kappa shape index (κ1) is 25.0. The van der Waals surface area contributed by atoms with Crippen LogP contribution >= 0.6 is 7.92 Å². The molecule has 0 spiro atoms. The van der Waals surface area contributed by atoms with E-state index in [0.29, 0.717) is 5.92 Å². The topological polar surface area (TPSA) is 0 Å². The Balaban J connectivity index is 2.26. The molecule has 0 aliphatic heterocycles. The van der Waals surface area contributed by atoms with Gasteiger partial charge < -0.3 is 0 Å². The van der Waals surface area contributed by atoms with Crippen molar-refractivity contribution in [3.05, 3.63) is 76.9 Å². The average Bonchev–Trinajstić information content (AvgIpc) is 2.64. The van der Waals surface area contributed by atoms with Crippen LogP contribution < -0.4 is 5.30 Å². The number of allylic oxidation sites excluding steroid dienone is 4. The van der Waals surface area contributed by atoms with Gasteiger partial charge in [0.1, 0.15) is 0 Å². The van der Waals surface area contributed by atoms with E-state index in [1.54, 1.807) is 5.30 Å². The lowest BCUT2D eigenvalue weighted by Gasteiger charge is -2.43. The molecule has 0 heterocycles. The summed E-state index contributed by atoms with van der Waals surface area (Å²) in [7, 11) is -0.385. The summed E-state index contributed by atoms with van der Waals surface area (Å²) in [5.41, 5.74) is 8.55. The van der Waals surface area contributed by atoms with E-state index in [4.69, 9.17) is 0 Å². The van der Waals surface area contributed by atoms with Gasteiger partial charge in [0.2, 0.25) is 0 Å². The van der Waals surface area contributed by atoms with Gasteiger partial charge in [0.25, 0.3) is 0 Å². The Morgan fingerprint density at radius 3 is 1.88 bits per heavy atom. The zero-order valence-corrected chi connectivity index (χ0v) is 23.1. The van der Waals surface area contributed by atoms with Crippen molar-refractivity contribution in [3.8, 4) is 11.1 Å². The minimum Gasteiger partial charge on any atom is -0.0805 e. The molecular weight excluding hydrogens is 403 g/mol. The maximum Gasteiger partial charge on any atom is 0.0167 e. The maximum absolute atomic E-state index is 2.45. The van der Waals surface area contributed by atoms with E-state index in [1.807, 2.05) is 0 Å². The molecule has 2 atom stereocenters. The van der Waals surface area contributed by atoms with Crippen LogP contribution in [0, 0.1) is 26.7 Å². The number of rotatable bonds is 3. The van der Waals surface area contributed by atoms with Crippen molar-refractivity contribution in [1.82, 2.24) is 0 Å². The summed E-state index contributed by atoms with van der Waals surface area (Å²) < 4.78 is 0. The summed E-state index contributed by atoms with van der Waals surface area (Å²) in [6, 6.07) is 11.8. The molecule has 1 aliphatic carbocycles. The molecule has 0 fully saturated rings. The molecule has 2 unspecified atom stereocenters. The number of hydrogen-bond acceptors (Lipinski definition) is 0. The molecule has 0 bridgehead atoms. The van der Waals surface area contributed by atoms with Crippen molar-refractivity contribution < 1.29 is 0 Å². The second-order valence-electron chi connectivity index (χ2n) is 11.9. The molecule has 0 saturated heterocycles. The molecular formula is C31H43P. The normalized spacial score (nSPS) is 21.4. The summed E-state index contributed by atoms with van der Waals surface area (Å²) in [6.07, 6.45) is 9.09. The van der Waals surface area contributed by atoms with Gasteiger partial charge in [0.15, 0.2) is 0 Å². The molecule has 1 heteroatoms. The van der Waals surface area contributed by atoms with Gasteiger partial charge in [-0.3, -0.25) is 0 Å². The average molecular weight is 447 g/mol. The first-order valence-electron chi connectivity index (χ1n) is 12.1. The molecule has 1 aliphatic rings. The molecule has 0 saturated carbocycles. The fraction of sp³-hybridized carbons (Fsp3) is 0.484. The molecule has 0 N–H and O–H groups in total. The summed E-state index contributed by atoms with van der Waals surface area (Å²) in [5, 5.41) is 2.05. The van der Waals surface area contributed by atoms with Crippen molar-refractivity contribution in [2.45, 2.75) is 91.9 Å². The molecule has 0 aromatic heterocycles. The van der Waals surface area contributed by atoms with Crippen LogP contribution in [0.5, 0.6) is 0 Å². The van der Waals surface area contributed by atoms with Gasteiger partial charge in [-0.2, -0.15) is 0 Å². The number of aryl methyl sites for hydroxylation is 3. The quantitative estimate of drug-likeness (QED) is 0.413. The lowest BCUT2D eigenvalue weighted by atomic mass is 9.69. The minimum absolute atomic E-state index is 0.0433. The van der Waals surface area contributed by atoms with Crippen molar-refractivity contribution >= 4 is 13.2 Å². The van der Waals surface area contributed by atoms with Gasteiger partial charge in [0.05, 0.1) is 0 Å². The Bertz CT molecular complexity index is 1020. The zero-order valence-electron chi connectivity index (χ0n) is 22.2. The van der Waals surface area contributed by atoms with Crippen LogP contribution in [0.25, 0.3) is 11.1 Å². The Morgan fingerprint density at radius 1 is 0.812 bits per heavy atom. The molecule has 2 aromatic carbocycles. The van der Waals surface area contributed by atoms with Crippen LogP contribution in [0.2, 0.25) is 0 Å². The fourth-order valence-corrected chi connectivity index (χ4v) is 9.94. The number of hydrogen-bond donors (Lipinski definition) is 0. The van der Waals surface area contributed by atoms with Crippen molar-refractivity contribution in [2.24, 2.45) is 5.92 Å². The van der Waals surface area contributed by atoms with Gasteiger partial charge in [-0.1, -0.05) is 118 Å². The van der Waals surface area contributed by atoms with Crippen LogP contribution in [0.1, 0.15) is 77.6 Å². The highest BCUT2D eigenvalue weighted by Gasteiger charge is 2.38. The highest BCUT2D eigenvalue weighted by molar-refractivity contribution is 7.69. The molecule has 32 heavy (non-hydrogen) atoms. The summed E-state index contributed by atoms with van der Waals surface area (Å²) in [5.74, 6) is 0.487. The third kappa shape index (κ3) is 4.54. The van der Waals surface area contributed by atoms with Crippen LogP contribution in [0.4, 0.5) is 0 Å². The van der Waals surface area contributed by atoms with Crippen molar-refractivity contribution in [2.75, 3.05) is 0 Å². The maximum atomic E-state index is 2.45. The van der Waals surface area contributed by atoms with Crippen molar-refractivity contribution in [3.63, 3.8) is 0 Å². The molecule has 172 valence electrons. The van der Waals surface area contributed by atoms with Crippen LogP contribution in [0.3, 0.4) is 0 Å². The van der Waals surface area contributed by atoms with Crippen LogP contribution in [-0.2, 0) is 5.41 Å². The lowest BCUT2D eigenvalue weighted by molar-refractivity contribution is 0.457. The fourth-order valence-electron chi connectivity index (χ4n) is 5.73. The van der Waals surface area contributed by atoms with Crippen LogP contribution in [-0.4, -0.2) is 10.3 Å². The van der Waals surface area contributed by atoms with Gasteiger partial charge in [-0.15, -0.1) is 0 Å². The van der Waals surface area contributed by atoms with Crippen LogP contribution in [0.15, 0.2) is 54.6 Å². The SMILES string of the molecule is Cc1cc(C2(C)C=CC=CC2C)cc(C)c1-c1cccc(C)c1P(C(C)(C)C)C(C)(C)C. The van der Waals surface area contributed by atoms with Crippen molar-refractivity contribution in [1.29, 1.82) is 0 Å². The van der Waals surface area contributed by atoms with E-state index in [-0.39, 0.29) is 23.6 Å². The predicted octanol–water partition coefficient (Wildman–Crippen LogP) is 9.00. The third-order valence-corrected chi connectivity index (χ3v) is 10.9. The van der Waals surface area contributed by atoms with E-state index >= 15 is 0 Å². The highest BCUT2D eigenvalue weighted by atomic mass is 31.1. The molecule has 2 aromatic rings. The van der Waals surface area contributed by atoms with Gasteiger partial charge in [0, 0.05) is 5.41 Å². The minimum atomic E-state index is -0.385. The molecule has 0 nitrogen and oxygen atoms in total. The first-order valence-corrected chi connectivity index (χ1v) is 13.4. The van der Waals surface area contributed by atoms with E-state index in [9.17, 15) is 0 Å². The van der Waals surface area contributed by atoms with E-state index in [2.05, 4.69) is 131 Å². The Morgan fingerprint density at radius 2 is 1.38 bits per heavy atom. The summed E-state index contributed by atoms with van der Waals surface area (Å²) in [4.78, 5) is 0. The van der Waals surface area contributed by atoms with E-state index in [1.165, 1.54) is 33.4 Å². The highest BCUT2D eigenvalue weighted by Crippen LogP contribution is 2.60. The molecule has 0 amide bonds. The van der Waals surface area contributed by atoms with E-state index < -0.39 is 0 Å². The summed E-state index contributed by atoms with van der Waals surface area (Å²) in [6.45, 7) is 26.2. The molecule has 0 radical (unpaired) electrons. The third-order valence-electron chi connectivity index (χ3n) is 7.13. The first-order chi connectivity index (χ1) is 14.7. The monoisotopic (exact) mass is 446 g/mol. The summed E-state index contributed by atoms with van der Waals surface area (Å²) >= 11 is 0. The second kappa shape index (κ2) is 8.61. The smallest absolute Gasteiger partial charge is 0.0167 e. The Labute approximate surface area is 199 Å². The largest absolute Gasteiger partial charge is 0.0805 e. The standard InChI is InChI=1S/C31H43P/c1-21-15-14-17-26(28(21)32(29(5,6)7)30(8,9)10)27-22(2)19-25(20-23(27)3)31(11)18-13-12-16-24(31)4/h12-20,24H,1-11H3. The lowest BCUT2D eigenvalue weighted by Crippen LogP contribution is -2.33. The Hall–Kier alpha value is -1.65. The zero-order chi connectivity index (χ0) is 24.1. The number of benzene rings is 2. The predicted molar refractivity (Wildman–Crippen MR) is 147 cm³/mol. The Kier molecular flexibility index (Phi) is 6.72. The van der Waals surface area contributed by atoms with E-state index in [0.717, 1.165) is 0 Å². The van der Waals surface area contributed by atoms with Gasteiger partial charge in [-0.05, 0) is 75.7 Å². The second-order valence-corrected chi connectivity index (χ2v) is 15.7. The van der Waals surface area contributed by atoms with Gasteiger partial charge >= 0.3 is 0 Å². The molecule has 3 rings (SSSR count). The van der Waals surface area contributed by atoms with Gasteiger partial charge in [-0.25, -0.2) is 0 Å².